The van der Waals surface area contributed by atoms with Crippen LogP contribution in [0.2, 0.25) is 5.02 Å². The van der Waals surface area contributed by atoms with Crippen LogP contribution < -0.4 is 4.72 Å². The smallest absolute Gasteiger partial charge is 0.265 e. The number of halogens is 1. The van der Waals surface area contributed by atoms with Crippen LogP contribution in [0.1, 0.15) is 37.5 Å². The number of nitrogens with zero attached hydrogens (tertiary/aromatic N) is 1. The van der Waals surface area contributed by atoms with Gasteiger partial charge in [-0.15, -0.1) is 0 Å². The minimum atomic E-state index is -3.71. The summed E-state index contributed by atoms with van der Waals surface area (Å²) in [6.45, 7) is 2.35. The highest BCUT2D eigenvalue weighted by molar-refractivity contribution is 7.89. The fourth-order valence-corrected chi connectivity index (χ4v) is 3.64. The molecule has 0 aliphatic rings. The van der Waals surface area contributed by atoms with Crippen LogP contribution in [-0.4, -0.2) is 30.9 Å². The summed E-state index contributed by atoms with van der Waals surface area (Å²) in [7, 11) is -3.71. The Balaban J connectivity index is 1.81. The predicted molar refractivity (Wildman–Crippen MR) is 122 cm³/mol. The quantitative estimate of drug-likeness (QED) is 0.543. The highest BCUT2D eigenvalue weighted by atomic mass is 35.5. The van der Waals surface area contributed by atoms with Crippen LogP contribution >= 0.6 is 11.6 Å². The average molecular weight is 457 g/mol. The zero-order valence-electron chi connectivity index (χ0n) is 17.0. The minimum Gasteiger partial charge on any atom is -0.341 e. The number of hydrogen-bond acceptors (Lipinski definition) is 4. The molecule has 0 saturated heterocycles. The molecule has 3 aromatic rings. The third-order valence-electron chi connectivity index (χ3n) is 4.51. The van der Waals surface area contributed by atoms with Crippen LogP contribution in [0.25, 0.3) is 6.08 Å². The van der Waals surface area contributed by atoms with Gasteiger partial charge in [0, 0.05) is 28.9 Å². The van der Waals surface area contributed by atoms with E-state index in [1.165, 1.54) is 6.07 Å². The van der Waals surface area contributed by atoms with Gasteiger partial charge in [-0.1, -0.05) is 59.6 Å². The van der Waals surface area contributed by atoms with E-state index in [-0.39, 0.29) is 11.3 Å². The molecule has 0 bridgehead atoms. The molecule has 3 rings (SSSR count). The Morgan fingerprint density at radius 2 is 1.81 bits per heavy atom. The van der Waals surface area contributed by atoms with E-state index in [2.05, 4.69) is 0 Å². The second kappa shape index (κ2) is 9.32. The Morgan fingerprint density at radius 1 is 1.10 bits per heavy atom. The Morgan fingerprint density at radius 3 is 2.48 bits per heavy atom. The van der Waals surface area contributed by atoms with Crippen molar-refractivity contribution >= 4 is 39.4 Å². The van der Waals surface area contributed by atoms with Gasteiger partial charge in [0.15, 0.2) is 0 Å². The van der Waals surface area contributed by atoms with Gasteiger partial charge >= 0.3 is 0 Å². The molecule has 1 N–H and O–H groups in total. The normalized spacial score (nSPS) is 11.6. The number of rotatable bonds is 7. The van der Waals surface area contributed by atoms with Crippen molar-refractivity contribution in [3.8, 4) is 0 Å². The maximum absolute atomic E-state index is 12.8. The summed E-state index contributed by atoms with van der Waals surface area (Å²) in [4.78, 5) is 25.1. The molecule has 0 saturated carbocycles. The molecule has 8 heteroatoms. The molecule has 1 heterocycles. The molecular formula is C23H21ClN2O4S. The van der Waals surface area contributed by atoms with Crippen molar-refractivity contribution in [2.45, 2.75) is 13.5 Å². The molecule has 0 aliphatic heterocycles. The zero-order chi connectivity index (χ0) is 22.6. The van der Waals surface area contributed by atoms with Crippen molar-refractivity contribution in [1.29, 1.82) is 0 Å². The number of sulfonamides is 1. The molecule has 0 aliphatic carbocycles. The first kappa shape index (κ1) is 22.5. The number of amides is 1. The Bertz CT molecular complexity index is 1260. The number of allylic oxidation sites excluding steroid dienone is 1. The second-order valence-electron chi connectivity index (χ2n) is 7.08. The molecule has 2 aromatic carbocycles. The lowest BCUT2D eigenvalue weighted by molar-refractivity contribution is 0.0980. The predicted octanol–water partition coefficient (Wildman–Crippen LogP) is 4.08. The Hall–Kier alpha value is -3.16. The van der Waals surface area contributed by atoms with E-state index in [1.807, 2.05) is 23.8 Å². The Labute approximate surface area is 186 Å². The molecule has 0 fully saturated rings. The standard InChI is InChI=1S/C23H21ClN2O4S/c1-16-7-9-18(10-8-16)22(27)21-6-4-14-26(21)13-3-5-17-11-12-19(24)15-20(17)23(28)25-31(2,29)30/h3-12,14-15H,13H2,1-2H3,(H,25,28). The molecule has 0 radical (unpaired) electrons. The van der Waals surface area contributed by atoms with Crippen molar-refractivity contribution in [2.75, 3.05) is 6.26 Å². The van der Waals surface area contributed by atoms with Gasteiger partial charge in [-0.25, -0.2) is 13.1 Å². The van der Waals surface area contributed by atoms with Crippen LogP contribution in [0.3, 0.4) is 0 Å². The van der Waals surface area contributed by atoms with Crippen LogP contribution in [-0.2, 0) is 16.6 Å². The number of carbonyl (C=O) groups excluding carboxylic acids is 2. The first-order chi connectivity index (χ1) is 14.6. The van der Waals surface area contributed by atoms with Gasteiger partial charge in [-0.3, -0.25) is 9.59 Å². The van der Waals surface area contributed by atoms with Crippen LogP contribution in [0.15, 0.2) is 66.9 Å². The molecule has 1 amide bonds. The number of hydrogen-bond donors (Lipinski definition) is 1. The first-order valence-electron chi connectivity index (χ1n) is 9.39. The van der Waals surface area contributed by atoms with E-state index in [1.54, 1.807) is 59.3 Å². The molecular weight excluding hydrogens is 436 g/mol. The summed E-state index contributed by atoms with van der Waals surface area (Å²) >= 11 is 5.98. The number of ketones is 1. The van der Waals surface area contributed by atoms with E-state index in [9.17, 15) is 18.0 Å². The summed E-state index contributed by atoms with van der Waals surface area (Å²) in [5.41, 5.74) is 2.86. The van der Waals surface area contributed by atoms with Gasteiger partial charge < -0.3 is 4.57 Å². The fourth-order valence-electron chi connectivity index (χ4n) is 3.02. The fraction of sp³-hybridized carbons (Fsp3) is 0.130. The zero-order valence-corrected chi connectivity index (χ0v) is 18.6. The lowest BCUT2D eigenvalue weighted by Gasteiger charge is -2.08. The van der Waals surface area contributed by atoms with Gasteiger partial charge in [-0.05, 0) is 36.8 Å². The number of aryl methyl sites for hydroxylation is 1. The highest BCUT2D eigenvalue weighted by Crippen LogP contribution is 2.18. The highest BCUT2D eigenvalue weighted by Gasteiger charge is 2.15. The van der Waals surface area contributed by atoms with Gasteiger partial charge in [0.1, 0.15) is 0 Å². The number of carbonyl (C=O) groups is 2. The van der Waals surface area contributed by atoms with Gasteiger partial charge in [0.25, 0.3) is 5.91 Å². The largest absolute Gasteiger partial charge is 0.341 e. The summed E-state index contributed by atoms with van der Waals surface area (Å²) in [6.07, 6.45) is 6.18. The summed E-state index contributed by atoms with van der Waals surface area (Å²) in [5.74, 6) is -0.848. The lowest BCUT2D eigenvalue weighted by atomic mass is 10.1. The number of aromatic nitrogens is 1. The van der Waals surface area contributed by atoms with E-state index in [0.29, 0.717) is 28.4 Å². The van der Waals surface area contributed by atoms with Gasteiger partial charge in [0.2, 0.25) is 15.8 Å². The maximum Gasteiger partial charge on any atom is 0.265 e. The Kier molecular flexibility index (Phi) is 6.77. The molecule has 0 unspecified atom stereocenters. The lowest BCUT2D eigenvalue weighted by Crippen LogP contribution is -2.29. The van der Waals surface area contributed by atoms with Gasteiger partial charge in [-0.2, -0.15) is 0 Å². The van der Waals surface area contributed by atoms with E-state index in [4.69, 9.17) is 11.6 Å². The van der Waals surface area contributed by atoms with Crippen LogP contribution in [0.5, 0.6) is 0 Å². The van der Waals surface area contributed by atoms with E-state index >= 15 is 0 Å². The second-order valence-corrected chi connectivity index (χ2v) is 9.26. The van der Waals surface area contributed by atoms with Crippen molar-refractivity contribution < 1.29 is 18.0 Å². The third-order valence-corrected chi connectivity index (χ3v) is 5.30. The van der Waals surface area contributed by atoms with Crippen molar-refractivity contribution in [3.63, 3.8) is 0 Å². The minimum absolute atomic E-state index is 0.0851. The monoisotopic (exact) mass is 456 g/mol. The van der Waals surface area contributed by atoms with E-state index in [0.717, 1.165) is 11.8 Å². The van der Waals surface area contributed by atoms with Crippen LogP contribution in [0.4, 0.5) is 0 Å². The van der Waals surface area contributed by atoms with Crippen LogP contribution in [0, 0.1) is 6.92 Å². The molecule has 6 nitrogen and oxygen atoms in total. The summed E-state index contributed by atoms with van der Waals surface area (Å²) in [5, 5.41) is 0.312. The average Bonchev–Trinajstić information content (AvgIpc) is 3.16. The molecule has 1 aromatic heterocycles. The summed E-state index contributed by atoms with van der Waals surface area (Å²) in [6, 6.07) is 15.6. The van der Waals surface area contributed by atoms with E-state index < -0.39 is 15.9 Å². The number of benzene rings is 2. The molecule has 31 heavy (non-hydrogen) atoms. The topological polar surface area (TPSA) is 85.2 Å². The summed E-state index contributed by atoms with van der Waals surface area (Å²) < 4.78 is 26.5. The van der Waals surface area contributed by atoms with Gasteiger partial charge in [0.05, 0.1) is 11.9 Å². The molecule has 160 valence electrons. The SMILES string of the molecule is Cc1ccc(C(=O)c2cccn2CC=Cc2ccc(Cl)cc2C(=O)NS(C)(=O)=O)cc1. The first-order valence-corrected chi connectivity index (χ1v) is 11.7. The van der Waals surface area contributed by atoms with Crippen molar-refractivity contribution in [2.24, 2.45) is 0 Å². The maximum atomic E-state index is 12.8. The van der Waals surface area contributed by atoms with Crippen molar-refractivity contribution in [3.05, 3.63) is 99.8 Å². The third kappa shape index (κ3) is 5.93. The molecule has 0 atom stereocenters. The van der Waals surface area contributed by atoms with Crippen molar-refractivity contribution in [1.82, 2.24) is 9.29 Å². The number of nitrogens with one attached hydrogen (secondary N) is 1. The molecule has 0 spiro atoms.